The van der Waals surface area contributed by atoms with Crippen LogP contribution in [0.15, 0.2) is 30.3 Å². The van der Waals surface area contributed by atoms with E-state index >= 15 is 0 Å². The normalized spacial score (nSPS) is 26.8. The number of carbonyl (C=O) groups is 1. The molecule has 0 bridgehead atoms. The largest absolute Gasteiger partial charge is 0.388 e. The number of likely N-dealkylation sites (tertiary alicyclic amines) is 1. The Morgan fingerprint density at radius 1 is 1.19 bits per heavy atom. The van der Waals surface area contributed by atoms with Gasteiger partial charge in [-0.3, -0.25) is 4.79 Å². The van der Waals surface area contributed by atoms with Crippen LogP contribution >= 0.6 is 0 Å². The first-order valence-corrected chi connectivity index (χ1v) is 9.88. The second kappa shape index (κ2) is 9.15. The van der Waals surface area contributed by atoms with Crippen LogP contribution in [0.5, 0.6) is 0 Å². The highest BCUT2D eigenvalue weighted by atomic mass is 16.8. The highest BCUT2D eigenvalue weighted by Crippen LogP contribution is 2.33. The zero-order chi connectivity index (χ0) is 19.3. The number of rotatable bonds is 8. The lowest BCUT2D eigenvalue weighted by Crippen LogP contribution is -2.55. The molecule has 0 aliphatic carbocycles. The highest BCUT2D eigenvalue weighted by molar-refractivity contribution is 5.76. The number of ether oxygens (including phenoxy) is 3. The fourth-order valence-corrected chi connectivity index (χ4v) is 3.74. The molecule has 2 saturated heterocycles. The molecular formula is C21H31NO5. The summed E-state index contributed by atoms with van der Waals surface area (Å²) in [5.41, 5.74) is 1.18. The predicted octanol–water partition coefficient (Wildman–Crippen LogP) is 2.49. The van der Waals surface area contributed by atoms with Crippen LogP contribution in [0, 0.1) is 0 Å². The van der Waals surface area contributed by atoms with Crippen LogP contribution in [0.1, 0.15) is 45.1 Å². The number of benzene rings is 1. The van der Waals surface area contributed by atoms with Gasteiger partial charge in [0.05, 0.1) is 6.61 Å². The van der Waals surface area contributed by atoms with Crippen molar-refractivity contribution in [2.24, 2.45) is 0 Å². The summed E-state index contributed by atoms with van der Waals surface area (Å²) in [5, 5.41) is 10.3. The number of aliphatic hydroxyl groups excluding tert-OH is 1. The molecule has 2 aliphatic heterocycles. The molecule has 1 aromatic carbocycles. The SMILES string of the molecule is CC1(C)O[C@@H]2[C@H](O)CN(C(=O)CCCCCOCc3ccccc3)C[C@@H]2O1. The maximum atomic E-state index is 12.5. The van der Waals surface area contributed by atoms with Crippen molar-refractivity contribution in [2.75, 3.05) is 19.7 Å². The quantitative estimate of drug-likeness (QED) is 0.705. The molecule has 3 rings (SSSR count). The first kappa shape index (κ1) is 20.3. The van der Waals surface area contributed by atoms with Gasteiger partial charge < -0.3 is 24.2 Å². The van der Waals surface area contributed by atoms with E-state index in [9.17, 15) is 9.90 Å². The van der Waals surface area contributed by atoms with Crippen LogP contribution in [-0.4, -0.2) is 59.7 Å². The molecule has 0 radical (unpaired) electrons. The summed E-state index contributed by atoms with van der Waals surface area (Å²) in [5.74, 6) is -0.624. The maximum Gasteiger partial charge on any atom is 0.222 e. The number of β-amino-alcohol motifs (C(OH)–C–C–N with tert-alkyl or cyclic N) is 1. The minimum absolute atomic E-state index is 0.0750. The first-order chi connectivity index (χ1) is 12.9. The number of carbonyl (C=O) groups excluding carboxylic acids is 1. The summed E-state index contributed by atoms with van der Waals surface area (Å²) in [6.07, 6.45) is 1.93. The van der Waals surface area contributed by atoms with E-state index in [0.29, 0.717) is 32.7 Å². The van der Waals surface area contributed by atoms with Gasteiger partial charge in [-0.25, -0.2) is 0 Å². The van der Waals surface area contributed by atoms with Crippen LogP contribution in [0.2, 0.25) is 0 Å². The molecule has 3 atom stereocenters. The Labute approximate surface area is 161 Å². The standard InChI is InChI=1S/C21H31NO5/c1-21(2)26-18-14-22(13-17(23)20(18)27-21)19(24)11-7-4-8-12-25-15-16-9-5-3-6-10-16/h3,5-6,9-10,17-18,20,23H,4,7-8,11-15H2,1-2H3/t17-,18+,20-/m1/s1. The Morgan fingerprint density at radius 3 is 2.74 bits per heavy atom. The topological polar surface area (TPSA) is 68.2 Å². The smallest absolute Gasteiger partial charge is 0.222 e. The Morgan fingerprint density at radius 2 is 1.96 bits per heavy atom. The molecule has 1 aromatic rings. The van der Waals surface area contributed by atoms with Crippen LogP contribution in [0.25, 0.3) is 0 Å². The zero-order valence-corrected chi connectivity index (χ0v) is 16.3. The van der Waals surface area contributed by atoms with E-state index < -0.39 is 11.9 Å². The van der Waals surface area contributed by atoms with Gasteiger partial charge in [0.1, 0.15) is 18.3 Å². The van der Waals surface area contributed by atoms with E-state index in [1.165, 1.54) is 5.56 Å². The monoisotopic (exact) mass is 377 g/mol. The van der Waals surface area contributed by atoms with E-state index in [-0.39, 0.29) is 18.1 Å². The minimum atomic E-state index is -0.699. The van der Waals surface area contributed by atoms with E-state index in [1.807, 2.05) is 32.0 Å². The second-order valence-electron chi connectivity index (χ2n) is 7.85. The fourth-order valence-electron chi connectivity index (χ4n) is 3.74. The van der Waals surface area contributed by atoms with E-state index in [0.717, 1.165) is 19.3 Å². The molecule has 0 unspecified atom stereocenters. The number of nitrogens with zero attached hydrogens (tertiary/aromatic N) is 1. The number of hydrogen-bond acceptors (Lipinski definition) is 5. The molecule has 2 heterocycles. The van der Waals surface area contributed by atoms with E-state index in [1.54, 1.807) is 4.90 Å². The number of piperidine rings is 1. The van der Waals surface area contributed by atoms with Gasteiger partial charge in [0.25, 0.3) is 0 Å². The molecule has 6 heteroatoms. The summed E-state index contributed by atoms with van der Waals surface area (Å²) in [6.45, 7) is 5.82. The Bertz CT molecular complexity index is 606. The lowest BCUT2D eigenvalue weighted by Gasteiger charge is -2.36. The molecule has 0 aromatic heterocycles. The van der Waals surface area contributed by atoms with Crippen molar-refractivity contribution in [2.45, 2.75) is 70.2 Å². The Balaban J connectivity index is 1.29. The zero-order valence-electron chi connectivity index (χ0n) is 16.3. The molecule has 2 aliphatic rings. The fraction of sp³-hybridized carbons (Fsp3) is 0.667. The predicted molar refractivity (Wildman–Crippen MR) is 101 cm³/mol. The minimum Gasteiger partial charge on any atom is -0.388 e. The highest BCUT2D eigenvalue weighted by Gasteiger charge is 2.49. The van der Waals surface area contributed by atoms with Gasteiger partial charge in [-0.1, -0.05) is 36.8 Å². The van der Waals surface area contributed by atoms with Crippen molar-refractivity contribution in [1.82, 2.24) is 4.90 Å². The van der Waals surface area contributed by atoms with Crippen molar-refractivity contribution in [3.8, 4) is 0 Å². The number of hydrogen-bond donors (Lipinski definition) is 1. The van der Waals surface area contributed by atoms with Crippen LogP contribution in [0.4, 0.5) is 0 Å². The number of unbranched alkanes of at least 4 members (excludes halogenated alkanes) is 2. The van der Waals surface area contributed by atoms with Gasteiger partial charge in [0.2, 0.25) is 5.91 Å². The molecule has 27 heavy (non-hydrogen) atoms. The third kappa shape index (κ3) is 5.75. The van der Waals surface area contributed by atoms with Crippen molar-refractivity contribution in [1.29, 1.82) is 0 Å². The van der Waals surface area contributed by atoms with Gasteiger partial charge in [0.15, 0.2) is 5.79 Å². The maximum absolute atomic E-state index is 12.5. The molecule has 0 spiro atoms. The third-order valence-corrected chi connectivity index (χ3v) is 5.05. The van der Waals surface area contributed by atoms with Crippen LogP contribution in [0.3, 0.4) is 0 Å². The molecule has 150 valence electrons. The summed E-state index contributed by atoms with van der Waals surface area (Å²) >= 11 is 0. The Kier molecular flexibility index (Phi) is 6.87. The molecule has 2 fully saturated rings. The van der Waals surface area contributed by atoms with Gasteiger partial charge in [-0.2, -0.15) is 0 Å². The summed E-state index contributed by atoms with van der Waals surface area (Å²) in [6, 6.07) is 10.1. The van der Waals surface area contributed by atoms with Gasteiger partial charge >= 0.3 is 0 Å². The second-order valence-corrected chi connectivity index (χ2v) is 7.85. The lowest BCUT2D eigenvalue weighted by molar-refractivity contribution is -0.152. The summed E-state index contributed by atoms with van der Waals surface area (Å²) in [4.78, 5) is 14.2. The lowest BCUT2D eigenvalue weighted by atomic mass is 10.0. The summed E-state index contributed by atoms with van der Waals surface area (Å²) in [7, 11) is 0. The van der Waals surface area contributed by atoms with Crippen LogP contribution < -0.4 is 0 Å². The van der Waals surface area contributed by atoms with Crippen molar-refractivity contribution >= 4 is 5.91 Å². The molecule has 6 nitrogen and oxygen atoms in total. The Hall–Kier alpha value is -1.47. The molecular weight excluding hydrogens is 346 g/mol. The first-order valence-electron chi connectivity index (χ1n) is 9.88. The van der Waals surface area contributed by atoms with Crippen molar-refractivity contribution < 1.29 is 24.1 Å². The van der Waals surface area contributed by atoms with E-state index in [4.69, 9.17) is 14.2 Å². The summed E-state index contributed by atoms with van der Waals surface area (Å²) < 4.78 is 17.2. The van der Waals surface area contributed by atoms with Crippen molar-refractivity contribution in [3.05, 3.63) is 35.9 Å². The average Bonchev–Trinajstić information content (AvgIpc) is 2.96. The van der Waals surface area contributed by atoms with Gasteiger partial charge in [0, 0.05) is 26.1 Å². The molecule has 1 N–H and O–H groups in total. The average molecular weight is 377 g/mol. The van der Waals surface area contributed by atoms with Crippen molar-refractivity contribution in [3.63, 3.8) is 0 Å². The van der Waals surface area contributed by atoms with Crippen LogP contribution in [-0.2, 0) is 25.6 Å². The molecule has 0 saturated carbocycles. The number of fused-ring (bicyclic) bond motifs is 1. The van der Waals surface area contributed by atoms with Gasteiger partial charge in [-0.05, 0) is 32.3 Å². The third-order valence-electron chi connectivity index (χ3n) is 5.05. The molecule has 1 amide bonds. The number of aliphatic hydroxyl groups is 1. The van der Waals surface area contributed by atoms with Gasteiger partial charge in [-0.15, -0.1) is 0 Å². The number of amides is 1. The van der Waals surface area contributed by atoms with E-state index in [2.05, 4.69) is 12.1 Å².